The first kappa shape index (κ1) is 20.7. The summed E-state index contributed by atoms with van der Waals surface area (Å²) in [4.78, 5) is 21.2. The van der Waals surface area contributed by atoms with Crippen LogP contribution in [0.4, 0.5) is 0 Å². The van der Waals surface area contributed by atoms with Crippen molar-refractivity contribution in [2.45, 2.75) is 45.4 Å². The van der Waals surface area contributed by atoms with Crippen molar-refractivity contribution in [1.82, 2.24) is 24.6 Å². The van der Waals surface area contributed by atoms with Crippen molar-refractivity contribution in [2.24, 2.45) is 0 Å². The van der Waals surface area contributed by atoms with Crippen molar-refractivity contribution in [3.05, 3.63) is 77.4 Å². The molecule has 32 heavy (non-hydrogen) atoms. The fourth-order valence-electron chi connectivity index (χ4n) is 4.60. The van der Waals surface area contributed by atoms with Crippen LogP contribution in [0.2, 0.25) is 0 Å². The van der Waals surface area contributed by atoms with Gasteiger partial charge in [0, 0.05) is 44.7 Å². The van der Waals surface area contributed by atoms with E-state index in [-0.39, 0.29) is 5.91 Å². The monoisotopic (exact) mass is 431 g/mol. The summed E-state index contributed by atoms with van der Waals surface area (Å²) in [6.45, 7) is 5.43. The van der Waals surface area contributed by atoms with Gasteiger partial charge in [0.2, 0.25) is 5.91 Å². The van der Waals surface area contributed by atoms with Crippen molar-refractivity contribution in [2.75, 3.05) is 19.7 Å². The number of hydrogen-bond donors (Lipinski definition) is 0. The highest BCUT2D eigenvalue weighted by Crippen LogP contribution is 2.27. The van der Waals surface area contributed by atoms with Gasteiger partial charge >= 0.3 is 0 Å². The first-order valence-electron chi connectivity index (χ1n) is 11.4. The Morgan fingerprint density at radius 1 is 1.03 bits per heavy atom. The number of carbonyl (C=O) groups is 1. The smallest absolute Gasteiger partial charge is 0.223 e. The fraction of sp³-hybridized carbons (Fsp3) is 0.400. The Balaban J connectivity index is 1.21. The maximum absolute atomic E-state index is 12.8. The average molecular weight is 432 g/mol. The minimum absolute atomic E-state index is 0.166. The summed E-state index contributed by atoms with van der Waals surface area (Å²) >= 11 is 0. The third-order valence-corrected chi connectivity index (χ3v) is 6.32. The van der Waals surface area contributed by atoms with E-state index in [1.54, 1.807) is 11.0 Å². The number of aryl methyl sites for hydroxylation is 1. The first-order valence-corrected chi connectivity index (χ1v) is 11.4. The molecule has 2 aliphatic heterocycles. The van der Waals surface area contributed by atoms with E-state index in [0.29, 0.717) is 32.7 Å². The topological polar surface area (TPSA) is 63.5 Å². The third kappa shape index (κ3) is 4.83. The number of benzene rings is 2. The highest BCUT2D eigenvalue weighted by atomic mass is 16.5. The molecule has 0 bridgehead atoms. The van der Waals surface area contributed by atoms with Crippen LogP contribution in [0.3, 0.4) is 0 Å². The molecule has 0 atom stereocenters. The van der Waals surface area contributed by atoms with Crippen LogP contribution < -0.4 is 4.74 Å². The molecule has 2 aromatic carbocycles. The summed E-state index contributed by atoms with van der Waals surface area (Å²) in [6, 6.07) is 15.2. The van der Waals surface area contributed by atoms with Gasteiger partial charge in [0.1, 0.15) is 25.0 Å². The Kier molecular flexibility index (Phi) is 6.16. The summed E-state index contributed by atoms with van der Waals surface area (Å²) in [5.41, 5.74) is 5.27. The van der Waals surface area contributed by atoms with Crippen LogP contribution >= 0.6 is 0 Å². The van der Waals surface area contributed by atoms with E-state index in [1.807, 2.05) is 4.90 Å². The van der Waals surface area contributed by atoms with Crippen LogP contribution in [0.5, 0.6) is 5.75 Å². The Labute approximate surface area is 188 Å². The zero-order valence-electron chi connectivity index (χ0n) is 18.3. The molecule has 7 nitrogen and oxygen atoms in total. The minimum Gasteiger partial charge on any atom is -0.491 e. The predicted octanol–water partition coefficient (Wildman–Crippen LogP) is 3.04. The fourth-order valence-corrected chi connectivity index (χ4v) is 4.60. The number of aromatic nitrogens is 3. The van der Waals surface area contributed by atoms with Gasteiger partial charge in [-0.2, -0.15) is 5.10 Å². The molecule has 5 rings (SSSR count). The number of ether oxygens (including phenoxy) is 1. The van der Waals surface area contributed by atoms with Crippen LogP contribution in [0.1, 0.15) is 35.1 Å². The van der Waals surface area contributed by atoms with Crippen molar-refractivity contribution >= 4 is 5.91 Å². The predicted molar refractivity (Wildman–Crippen MR) is 121 cm³/mol. The van der Waals surface area contributed by atoms with Gasteiger partial charge in [-0.05, 0) is 41.7 Å². The molecule has 0 N–H and O–H groups in total. The summed E-state index contributed by atoms with van der Waals surface area (Å²) in [5, 5.41) is 4.10. The van der Waals surface area contributed by atoms with Crippen molar-refractivity contribution in [1.29, 1.82) is 0 Å². The third-order valence-electron chi connectivity index (χ3n) is 6.32. The van der Waals surface area contributed by atoms with Crippen molar-refractivity contribution < 1.29 is 9.53 Å². The molecule has 0 radical (unpaired) electrons. The van der Waals surface area contributed by atoms with Gasteiger partial charge in [-0.3, -0.25) is 14.4 Å². The standard InChI is InChI=1S/C25H29N5O2/c31-25(6-3-10-30-19-26-18-27-30)29-12-13-32-24-8-7-20(14-23(24)17-29)15-28-11-9-21-4-1-2-5-22(21)16-28/h1-2,4-5,7-8,14,18-19H,3,6,9-13,15-17H2. The Bertz CT molecular complexity index is 1070. The van der Waals surface area contributed by atoms with E-state index in [0.717, 1.165) is 43.8 Å². The second-order valence-corrected chi connectivity index (χ2v) is 8.60. The maximum Gasteiger partial charge on any atom is 0.223 e. The van der Waals surface area contributed by atoms with E-state index in [1.165, 1.54) is 23.0 Å². The summed E-state index contributed by atoms with van der Waals surface area (Å²) < 4.78 is 7.72. The zero-order chi connectivity index (χ0) is 21.8. The van der Waals surface area contributed by atoms with Gasteiger partial charge in [0.25, 0.3) is 0 Å². The number of nitrogens with zero attached hydrogens (tertiary/aromatic N) is 5. The molecule has 7 heteroatoms. The van der Waals surface area contributed by atoms with Gasteiger partial charge in [-0.15, -0.1) is 0 Å². The van der Waals surface area contributed by atoms with Crippen molar-refractivity contribution in [3.63, 3.8) is 0 Å². The lowest BCUT2D eigenvalue weighted by Crippen LogP contribution is -2.32. The van der Waals surface area contributed by atoms with E-state index < -0.39 is 0 Å². The van der Waals surface area contributed by atoms with E-state index in [9.17, 15) is 4.79 Å². The van der Waals surface area contributed by atoms with Crippen LogP contribution in [0, 0.1) is 0 Å². The normalized spacial score (nSPS) is 16.1. The average Bonchev–Trinajstić information content (AvgIpc) is 3.24. The van der Waals surface area contributed by atoms with Crippen LogP contribution in [0.25, 0.3) is 0 Å². The highest BCUT2D eigenvalue weighted by molar-refractivity contribution is 5.76. The summed E-state index contributed by atoms with van der Waals surface area (Å²) in [7, 11) is 0. The van der Waals surface area contributed by atoms with E-state index >= 15 is 0 Å². The molecule has 0 aliphatic carbocycles. The summed E-state index contributed by atoms with van der Waals surface area (Å²) in [5.74, 6) is 1.07. The largest absolute Gasteiger partial charge is 0.491 e. The molecule has 0 fully saturated rings. The lowest BCUT2D eigenvalue weighted by molar-refractivity contribution is -0.132. The Hall–Kier alpha value is -3.19. The molecular weight excluding hydrogens is 402 g/mol. The molecule has 2 aliphatic rings. The maximum atomic E-state index is 12.8. The molecule has 0 saturated heterocycles. The molecule has 166 valence electrons. The molecule has 0 unspecified atom stereocenters. The number of hydrogen-bond acceptors (Lipinski definition) is 5. The minimum atomic E-state index is 0.166. The second kappa shape index (κ2) is 9.53. The Morgan fingerprint density at radius 3 is 2.81 bits per heavy atom. The summed E-state index contributed by atoms with van der Waals surface area (Å²) in [6.07, 6.45) is 5.56. The van der Waals surface area contributed by atoms with Gasteiger partial charge in [-0.25, -0.2) is 4.98 Å². The van der Waals surface area contributed by atoms with Crippen LogP contribution in [-0.2, 0) is 37.4 Å². The molecule has 0 spiro atoms. The Morgan fingerprint density at radius 2 is 1.94 bits per heavy atom. The van der Waals surface area contributed by atoms with Gasteiger partial charge in [0.05, 0.1) is 6.54 Å². The molecule has 3 heterocycles. The number of amides is 1. The van der Waals surface area contributed by atoms with Gasteiger partial charge in [0.15, 0.2) is 0 Å². The molecule has 1 aromatic heterocycles. The van der Waals surface area contributed by atoms with Crippen LogP contribution in [-0.4, -0.2) is 50.2 Å². The number of rotatable bonds is 6. The van der Waals surface area contributed by atoms with E-state index in [2.05, 4.69) is 57.4 Å². The molecular formula is C25H29N5O2. The highest BCUT2D eigenvalue weighted by Gasteiger charge is 2.21. The quantitative estimate of drug-likeness (QED) is 0.600. The van der Waals surface area contributed by atoms with Gasteiger partial charge in [-0.1, -0.05) is 30.3 Å². The lowest BCUT2D eigenvalue weighted by atomic mass is 9.99. The van der Waals surface area contributed by atoms with Crippen LogP contribution in [0.15, 0.2) is 55.1 Å². The molecule has 3 aromatic rings. The first-order chi connectivity index (χ1) is 15.7. The lowest BCUT2D eigenvalue weighted by Gasteiger charge is -2.29. The van der Waals surface area contributed by atoms with Crippen molar-refractivity contribution in [3.8, 4) is 5.75 Å². The SMILES string of the molecule is O=C(CCCn1cncn1)N1CCOc2ccc(CN3CCc4ccccc4C3)cc2C1. The van der Waals surface area contributed by atoms with Gasteiger partial charge < -0.3 is 9.64 Å². The number of carbonyl (C=O) groups excluding carboxylic acids is 1. The molecule has 1 amide bonds. The zero-order valence-corrected chi connectivity index (χ0v) is 18.3. The second-order valence-electron chi connectivity index (χ2n) is 8.60. The van der Waals surface area contributed by atoms with E-state index in [4.69, 9.17) is 4.74 Å². The molecule has 0 saturated carbocycles. The number of fused-ring (bicyclic) bond motifs is 2.